The molecule has 1 aromatic carbocycles. The fourth-order valence-corrected chi connectivity index (χ4v) is 5.17. The van der Waals surface area contributed by atoms with E-state index in [1.807, 2.05) is 12.1 Å². The number of nitrogens with zero attached hydrogens (tertiary/aromatic N) is 7. The third-order valence-corrected chi connectivity index (χ3v) is 6.53. The first-order valence-corrected chi connectivity index (χ1v) is 10.4. The molecule has 9 heteroatoms. The maximum Gasteiger partial charge on any atom is 0.231 e. The Hall–Kier alpha value is -2.71. The molecule has 0 bridgehead atoms. The topological polar surface area (TPSA) is 53.3 Å². The van der Waals surface area contributed by atoms with Crippen molar-refractivity contribution in [2.75, 3.05) is 43.0 Å². The first-order valence-electron chi connectivity index (χ1n) is 10.0. The maximum atomic E-state index is 13.5. The van der Waals surface area contributed by atoms with Gasteiger partial charge in [-0.15, -0.1) is 10.2 Å². The van der Waals surface area contributed by atoms with Crippen molar-refractivity contribution in [2.45, 2.75) is 13.1 Å². The standard InChI is InChI=1S/C21H21ClFN7/c1-27-8-14-4-15(22)2-3-18(14)30-19(9-27)25-26-20(30)29-12-21(13-29)10-28(11-21)17-5-16(23)6-24-7-17/h2-7H,8-13H2,1H3. The van der Waals surface area contributed by atoms with Gasteiger partial charge in [0.1, 0.15) is 5.82 Å². The number of hydrogen-bond acceptors (Lipinski definition) is 6. The molecule has 2 saturated heterocycles. The first-order chi connectivity index (χ1) is 14.5. The summed E-state index contributed by atoms with van der Waals surface area (Å²) in [7, 11) is 2.08. The molecule has 3 aliphatic rings. The molecule has 0 radical (unpaired) electrons. The Kier molecular flexibility index (Phi) is 3.85. The lowest BCUT2D eigenvalue weighted by Crippen LogP contribution is -2.72. The van der Waals surface area contributed by atoms with Gasteiger partial charge in [-0.05, 0) is 30.8 Å². The third kappa shape index (κ3) is 2.78. The molecule has 0 N–H and O–H groups in total. The summed E-state index contributed by atoms with van der Waals surface area (Å²) in [5.41, 5.74) is 3.35. The fraction of sp³-hybridized carbons (Fsp3) is 0.381. The Morgan fingerprint density at radius 2 is 1.80 bits per heavy atom. The van der Waals surface area contributed by atoms with E-state index in [4.69, 9.17) is 11.6 Å². The molecule has 0 unspecified atom stereocenters. The van der Waals surface area contributed by atoms with Crippen LogP contribution in [-0.4, -0.2) is 57.9 Å². The molecule has 1 spiro atoms. The molecule has 30 heavy (non-hydrogen) atoms. The van der Waals surface area contributed by atoms with E-state index in [9.17, 15) is 4.39 Å². The molecular weight excluding hydrogens is 405 g/mol. The van der Waals surface area contributed by atoms with E-state index < -0.39 is 0 Å². The summed E-state index contributed by atoms with van der Waals surface area (Å²) in [5.74, 6) is 1.54. The minimum absolute atomic E-state index is 0.225. The average Bonchev–Trinajstić information content (AvgIpc) is 2.96. The van der Waals surface area contributed by atoms with Crippen LogP contribution in [0.3, 0.4) is 0 Å². The summed E-state index contributed by atoms with van der Waals surface area (Å²) in [6.07, 6.45) is 2.97. The Balaban J connectivity index is 1.24. The van der Waals surface area contributed by atoms with Crippen molar-refractivity contribution in [1.82, 2.24) is 24.6 Å². The van der Waals surface area contributed by atoms with E-state index in [1.165, 1.54) is 11.8 Å². The van der Waals surface area contributed by atoms with Crippen LogP contribution in [0.15, 0.2) is 36.7 Å². The van der Waals surface area contributed by atoms with Crippen molar-refractivity contribution in [2.24, 2.45) is 5.41 Å². The number of anilines is 2. The first kappa shape index (κ1) is 18.1. The van der Waals surface area contributed by atoms with Gasteiger partial charge in [0.2, 0.25) is 5.95 Å². The second-order valence-electron chi connectivity index (χ2n) is 8.77. The number of hydrogen-bond donors (Lipinski definition) is 0. The molecule has 5 heterocycles. The van der Waals surface area contributed by atoms with Crippen molar-refractivity contribution in [1.29, 1.82) is 0 Å². The minimum atomic E-state index is -0.293. The van der Waals surface area contributed by atoms with Gasteiger partial charge in [-0.1, -0.05) is 11.6 Å². The van der Waals surface area contributed by atoms with Gasteiger partial charge in [-0.25, -0.2) is 4.39 Å². The van der Waals surface area contributed by atoms with Crippen LogP contribution in [0.5, 0.6) is 0 Å². The van der Waals surface area contributed by atoms with E-state index in [0.717, 1.165) is 67.4 Å². The van der Waals surface area contributed by atoms with Gasteiger partial charge < -0.3 is 9.80 Å². The van der Waals surface area contributed by atoms with Gasteiger partial charge in [-0.2, -0.15) is 0 Å². The summed E-state index contributed by atoms with van der Waals surface area (Å²) in [5, 5.41) is 9.77. The molecule has 0 saturated carbocycles. The second-order valence-corrected chi connectivity index (χ2v) is 9.21. The molecular formula is C21H21ClFN7. The smallest absolute Gasteiger partial charge is 0.231 e. The van der Waals surface area contributed by atoms with Gasteiger partial charge >= 0.3 is 0 Å². The molecule has 3 aromatic rings. The van der Waals surface area contributed by atoms with Crippen LogP contribution in [0, 0.1) is 11.2 Å². The zero-order valence-electron chi connectivity index (χ0n) is 16.6. The predicted molar refractivity (Wildman–Crippen MR) is 113 cm³/mol. The van der Waals surface area contributed by atoms with E-state index in [-0.39, 0.29) is 11.2 Å². The highest BCUT2D eigenvalue weighted by Gasteiger charge is 2.53. The Bertz CT molecular complexity index is 1130. The van der Waals surface area contributed by atoms with Crippen molar-refractivity contribution in [3.63, 3.8) is 0 Å². The molecule has 0 atom stereocenters. The summed E-state index contributed by atoms with van der Waals surface area (Å²) >= 11 is 6.26. The SMILES string of the molecule is CN1Cc2cc(Cl)ccc2-n2c(nnc2N2CC3(CN(c4cncc(F)c4)C3)C2)C1. The van der Waals surface area contributed by atoms with Crippen LogP contribution in [-0.2, 0) is 13.1 Å². The number of pyridine rings is 1. The van der Waals surface area contributed by atoms with Crippen LogP contribution >= 0.6 is 11.6 Å². The largest absolute Gasteiger partial charge is 0.369 e. The lowest BCUT2D eigenvalue weighted by Gasteiger charge is -2.60. The highest BCUT2D eigenvalue weighted by Crippen LogP contribution is 2.44. The van der Waals surface area contributed by atoms with Gasteiger partial charge in [0.15, 0.2) is 5.82 Å². The number of halogens is 2. The number of benzene rings is 1. The zero-order valence-corrected chi connectivity index (χ0v) is 17.3. The van der Waals surface area contributed by atoms with E-state index in [2.05, 4.69) is 47.6 Å². The number of rotatable bonds is 2. The monoisotopic (exact) mass is 425 g/mol. The molecule has 0 aliphatic carbocycles. The predicted octanol–water partition coefficient (Wildman–Crippen LogP) is 2.73. The zero-order chi connectivity index (χ0) is 20.5. The average molecular weight is 426 g/mol. The Labute approximate surface area is 178 Å². The Morgan fingerprint density at radius 1 is 1.00 bits per heavy atom. The van der Waals surface area contributed by atoms with Gasteiger partial charge in [0, 0.05) is 49.2 Å². The van der Waals surface area contributed by atoms with Gasteiger partial charge in [0.05, 0.1) is 30.3 Å². The van der Waals surface area contributed by atoms with Gasteiger partial charge in [0.25, 0.3) is 0 Å². The third-order valence-electron chi connectivity index (χ3n) is 6.29. The van der Waals surface area contributed by atoms with Crippen LogP contribution in [0.4, 0.5) is 16.0 Å². The maximum absolute atomic E-state index is 13.5. The molecule has 154 valence electrons. The van der Waals surface area contributed by atoms with Gasteiger partial charge in [-0.3, -0.25) is 14.5 Å². The fourth-order valence-electron chi connectivity index (χ4n) is 4.97. The highest BCUT2D eigenvalue weighted by atomic mass is 35.5. The molecule has 6 rings (SSSR count). The number of aromatic nitrogens is 4. The molecule has 2 aromatic heterocycles. The van der Waals surface area contributed by atoms with Crippen molar-refractivity contribution in [3.05, 3.63) is 58.9 Å². The Morgan fingerprint density at radius 3 is 2.60 bits per heavy atom. The van der Waals surface area contributed by atoms with Crippen LogP contribution < -0.4 is 9.80 Å². The van der Waals surface area contributed by atoms with Crippen molar-refractivity contribution < 1.29 is 4.39 Å². The second kappa shape index (κ2) is 6.39. The normalized spacial score (nSPS) is 19.7. The van der Waals surface area contributed by atoms with Crippen LogP contribution in [0.25, 0.3) is 5.69 Å². The summed E-state index contributed by atoms with van der Waals surface area (Å²) in [6.45, 7) is 5.21. The minimum Gasteiger partial charge on any atom is -0.369 e. The molecule has 3 aliphatic heterocycles. The van der Waals surface area contributed by atoms with Crippen molar-refractivity contribution in [3.8, 4) is 5.69 Å². The molecule has 0 amide bonds. The van der Waals surface area contributed by atoms with E-state index in [1.54, 1.807) is 12.3 Å². The van der Waals surface area contributed by atoms with Crippen LogP contribution in [0.1, 0.15) is 11.4 Å². The number of fused-ring (bicyclic) bond motifs is 3. The molecule has 2 fully saturated rings. The molecule has 7 nitrogen and oxygen atoms in total. The van der Waals surface area contributed by atoms with Crippen LogP contribution in [0.2, 0.25) is 5.02 Å². The van der Waals surface area contributed by atoms with E-state index >= 15 is 0 Å². The lowest BCUT2D eigenvalue weighted by atomic mass is 9.73. The summed E-state index contributed by atoms with van der Waals surface area (Å²) in [6, 6.07) is 7.56. The quantitative estimate of drug-likeness (QED) is 0.629. The van der Waals surface area contributed by atoms with E-state index in [0.29, 0.717) is 0 Å². The summed E-state index contributed by atoms with van der Waals surface area (Å²) < 4.78 is 15.6. The van der Waals surface area contributed by atoms with Crippen molar-refractivity contribution >= 4 is 23.2 Å². The lowest BCUT2D eigenvalue weighted by molar-refractivity contribution is 0.154. The summed E-state index contributed by atoms with van der Waals surface area (Å²) in [4.78, 5) is 10.7. The highest BCUT2D eigenvalue weighted by molar-refractivity contribution is 6.30.